The lowest BCUT2D eigenvalue weighted by molar-refractivity contribution is -0.135. The minimum absolute atomic E-state index is 0.0242. The number of hydrogen-bond donors (Lipinski definition) is 2. The summed E-state index contributed by atoms with van der Waals surface area (Å²) >= 11 is 0. The van der Waals surface area contributed by atoms with Gasteiger partial charge in [0, 0.05) is 38.0 Å². The summed E-state index contributed by atoms with van der Waals surface area (Å²) in [7, 11) is 0. The minimum Gasteiger partial charge on any atom is -0.343 e. The number of amides is 5. The second-order valence-corrected chi connectivity index (χ2v) is 8.01. The molecule has 0 saturated carbocycles. The fourth-order valence-electron chi connectivity index (χ4n) is 4.40. The van der Waals surface area contributed by atoms with Gasteiger partial charge in [-0.25, -0.2) is 4.79 Å². The second kappa shape index (κ2) is 7.26. The topological polar surface area (TPSA) is 98.8 Å². The molecule has 2 N–H and O–H groups in total. The van der Waals surface area contributed by atoms with Gasteiger partial charge in [-0.3, -0.25) is 19.7 Å². The Morgan fingerprint density at radius 2 is 1.82 bits per heavy atom. The predicted molar refractivity (Wildman–Crippen MR) is 99.8 cm³/mol. The van der Waals surface area contributed by atoms with E-state index in [2.05, 4.69) is 10.6 Å². The molecule has 1 unspecified atom stereocenters. The van der Waals surface area contributed by atoms with Gasteiger partial charge in [-0.05, 0) is 18.4 Å². The number of nitrogens with one attached hydrogen (secondary N) is 2. The van der Waals surface area contributed by atoms with Crippen LogP contribution in [0.5, 0.6) is 0 Å². The van der Waals surface area contributed by atoms with E-state index in [1.807, 2.05) is 35.2 Å². The first kappa shape index (κ1) is 18.5. The van der Waals surface area contributed by atoms with Crippen molar-refractivity contribution in [3.05, 3.63) is 35.9 Å². The SMILES string of the molecule is O=C1NC(=O)C(CC(=O)N2CCC3(CC2)CC(=O)N(Cc2ccccc2)C3)N1. The summed E-state index contributed by atoms with van der Waals surface area (Å²) in [5.74, 6) is -0.415. The molecule has 3 aliphatic heterocycles. The van der Waals surface area contributed by atoms with Gasteiger partial charge in [0.1, 0.15) is 6.04 Å². The molecule has 4 rings (SSSR count). The van der Waals surface area contributed by atoms with Crippen LogP contribution in [0.25, 0.3) is 0 Å². The number of likely N-dealkylation sites (tertiary alicyclic amines) is 2. The number of nitrogens with zero attached hydrogens (tertiary/aromatic N) is 2. The summed E-state index contributed by atoms with van der Waals surface area (Å²) in [5, 5.41) is 4.60. The van der Waals surface area contributed by atoms with E-state index in [1.54, 1.807) is 4.90 Å². The standard InChI is InChI=1S/C20H24N4O4/c25-16(10-15-18(27)22-19(28)21-15)23-8-6-20(7-9-23)11-17(26)24(13-20)12-14-4-2-1-3-5-14/h1-5,15H,6-13H2,(H2,21,22,27,28). The lowest BCUT2D eigenvalue weighted by Crippen LogP contribution is -2.46. The van der Waals surface area contributed by atoms with E-state index in [9.17, 15) is 19.2 Å². The monoisotopic (exact) mass is 384 g/mol. The molecule has 1 atom stereocenters. The molecule has 3 saturated heterocycles. The Morgan fingerprint density at radius 3 is 2.46 bits per heavy atom. The maximum Gasteiger partial charge on any atom is 0.322 e. The average Bonchev–Trinajstić information content (AvgIpc) is 3.14. The van der Waals surface area contributed by atoms with Crippen molar-refractivity contribution in [3.63, 3.8) is 0 Å². The third-order valence-corrected chi connectivity index (χ3v) is 6.04. The van der Waals surface area contributed by atoms with Crippen molar-refractivity contribution in [2.45, 2.75) is 38.3 Å². The van der Waals surface area contributed by atoms with E-state index in [0.717, 1.165) is 24.9 Å². The van der Waals surface area contributed by atoms with Crippen LogP contribution >= 0.6 is 0 Å². The largest absolute Gasteiger partial charge is 0.343 e. The highest BCUT2D eigenvalue weighted by atomic mass is 16.2. The number of imide groups is 1. The first-order valence-electron chi connectivity index (χ1n) is 9.65. The molecular weight excluding hydrogens is 360 g/mol. The van der Waals surface area contributed by atoms with Crippen molar-refractivity contribution in [3.8, 4) is 0 Å². The summed E-state index contributed by atoms with van der Waals surface area (Å²) in [6, 6.07) is 8.62. The van der Waals surface area contributed by atoms with E-state index < -0.39 is 18.0 Å². The number of hydrogen-bond acceptors (Lipinski definition) is 4. The molecule has 28 heavy (non-hydrogen) atoms. The van der Waals surface area contributed by atoms with Crippen LogP contribution in [0.1, 0.15) is 31.2 Å². The number of carbonyl (C=O) groups excluding carboxylic acids is 4. The smallest absolute Gasteiger partial charge is 0.322 e. The van der Waals surface area contributed by atoms with Gasteiger partial charge < -0.3 is 15.1 Å². The highest BCUT2D eigenvalue weighted by Crippen LogP contribution is 2.41. The van der Waals surface area contributed by atoms with Crippen molar-refractivity contribution in [1.82, 2.24) is 20.4 Å². The Kier molecular flexibility index (Phi) is 4.78. The molecule has 8 heteroatoms. The van der Waals surface area contributed by atoms with Crippen molar-refractivity contribution in [2.24, 2.45) is 5.41 Å². The molecule has 1 spiro atoms. The van der Waals surface area contributed by atoms with Gasteiger partial charge in [-0.1, -0.05) is 30.3 Å². The molecule has 1 aromatic rings. The zero-order valence-corrected chi connectivity index (χ0v) is 15.6. The lowest BCUT2D eigenvalue weighted by Gasteiger charge is -2.39. The van der Waals surface area contributed by atoms with Gasteiger partial charge in [0.2, 0.25) is 11.8 Å². The predicted octanol–water partition coefficient (Wildman–Crippen LogP) is 0.626. The van der Waals surface area contributed by atoms with Crippen LogP contribution in [0.2, 0.25) is 0 Å². The molecule has 3 aliphatic rings. The highest BCUT2D eigenvalue weighted by molar-refractivity contribution is 6.05. The molecule has 0 aromatic heterocycles. The molecule has 1 aromatic carbocycles. The normalized spacial score (nSPS) is 23.9. The third kappa shape index (κ3) is 3.72. The van der Waals surface area contributed by atoms with E-state index >= 15 is 0 Å². The molecule has 3 fully saturated rings. The van der Waals surface area contributed by atoms with Crippen molar-refractivity contribution >= 4 is 23.8 Å². The number of benzene rings is 1. The number of carbonyl (C=O) groups is 4. The first-order valence-corrected chi connectivity index (χ1v) is 9.65. The molecule has 0 aliphatic carbocycles. The van der Waals surface area contributed by atoms with E-state index in [4.69, 9.17) is 0 Å². The zero-order valence-electron chi connectivity index (χ0n) is 15.6. The number of piperidine rings is 1. The summed E-state index contributed by atoms with van der Waals surface area (Å²) in [6.07, 6.45) is 2.06. The minimum atomic E-state index is -0.787. The van der Waals surface area contributed by atoms with Crippen LogP contribution in [-0.2, 0) is 20.9 Å². The van der Waals surface area contributed by atoms with Crippen molar-refractivity contribution < 1.29 is 19.2 Å². The van der Waals surface area contributed by atoms with Crippen LogP contribution in [0, 0.1) is 5.41 Å². The van der Waals surface area contributed by atoms with Gasteiger partial charge in [-0.2, -0.15) is 0 Å². The Labute approximate surface area is 163 Å². The second-order valence-electron chi connectivity index (χ2n) is 8.01. The molecule has 0 radical (unpaired) electrons. The zero-order chi connectivity index (χ0) is 19.7. The van der Waals surface area contributed by atoms with Crippen LogP contribution in [0.15, 0.2) is 30.3 Å². The number of rotatable bonds is 4. The van der Waals surface area contributed by atoms with E-state index in [1.165, 1.54) is 0 Å². The summed E-state index contributed by atoms with van der Waals surface area (Å²) in [6.45, 7) is 2.51. The van der Waals surface area contributed by atoms with Gasteiger partial charge in [-0.15, -0.1) is 0 Å². The molecule has 148 valence electrons. The average molecular weight is 384 g/mol. The molecule has 5 amide bonds. The van der Waals surface area contributed by atoms with Crippen molar-refractivity contribution in [2.75, 3.05) is 19.6 Å². The van der Waals surface area contributed by atoms with E-state index in [-0.39, 0.29) is 23.7 Å². The molecule has 0 bridgehead atoms. The maximum atomic E-state index is 12.5. The Bertz CT molecular complexity index is 802. The molecular formula is C20H24N4O4. The van der Waals surface area contributed by atoms with E-state index in [0.29, 0.717) is 26.1 Å². The van der Waals surface area contributed by atoms with Crippen LogP contribution in [0.4, 0.5) is 4.79 Å². The maximum absolute atomic E-state index is 12.5. The highest BCUT2D eigenvalue weighted by Gasteiger charge is 2.45. The van der Waals surface area contributed by atoms with Crippen LogP contribution in [0.3, 0.4) is 0 Å². The summed E-state index contributed by atoms with van der Waals surface area (Å²) in [4.78, 5) is 51.5. The first-order chi connectivity index (χ1) is 13.4. The Morgan fingerprint density at radius 1 is 1.11 bits per heavy atom. The third-order valence-electron chi connectivity index (χ3n) is 6.04. The van der Waals surface area contributed by atoms with Gasteiger partial charge >= 0.3 is 6.03 Å². The summed E-state index contributed by atoms with van der Waals surface area (Å²) < 4.78 is 0. The fourth-order valence-corrected chi connectivity index (χ4v) is 4.40. The molecule has 3 heterocycles. The molecule has 8 nitrogen and oxygen atoms in total. The van der Waals surface area contributed by atoms with Gasteiger partial charge in [0.05, 0.1) is 6.42 Å². The van der Waals surface area contributed by atoms with Crippen molar-refractivity contribution in [1.29, 1.82) is 0 Å². The summed E-state index contributed by atoms with van der Waals surface area (Å²) in [5.41, 5.74) is 1.05. The Balaban J connectivity index is 1.31. The van der Waals surface area contributed by atoms with Gasteiger partial charge in [0.15, 0.2) is 0 Å². The van der Waals surface area contributed by atoms with Crippen LogP contribution in [-0.4, -0.2) is 59.2 Å². The van der Waals surface area contributed by atoms with Crippen LogP contribution < -0.4 is 10.6 Å². The van der Waals surface area contributed by atoms with Gasteiger partial charge in [0.25, 0.3) is 5.91 Å². The lowest BCUT2D eigenvalue weighted by atomic mass is 9.77. The quantitative estimate of drug-likeness (QED) is 0.744. The number of urea groups is 1. The Hall–Kier alpha value is -2.90. The fraction of sp³-hybridized carbons (Fsp3) is 0.500.